The summed E-state index contributed by atoms with van der Waals surface area (Å²) < 4.78 is 13.3. The van der Waals surface area contributed by atoms with E-state index in [9.17, 15) is 18.8 Å². The van der Waals surface area contributed by atoms with Crippen molar-refractivity contribution in [2.24, 2.45) is 0 Å². The number of H-pyrrole nitrogens is 1. The van der Waals surface area contributed by atoms with Gasteiger partial charge in [-0.1, -0.05) is 19.3 Å². The van der Waals surface area contributed by atoms with E-state index < -0.39 is 23.1 Å². The van der Waals surface area contributed by atoms with E-state index >= 15 is 0 Å². The maximum absolute atomic E-state index is 13.0. The maximum atomic E-state index is 13.0. The summed E-state index contributed by atoms with van der Waals surface area (Å²) in [6, 6.07) is -0.923. The predicted molar refractivity (Wildman–Crippen MR) is 62.1 cm³/mol. The number of amides is 1. The van der Waals surface area contributed by atoms with Crippen LogP contribution in [0.15, 0.2) is 15.8 Å². The Morgan fingerprint density at radius 1 is 1.33 bits per heavy atom. The standard InChI is InChI=1S/C11H14FN3O3/c12-8-6-13-10(17)15(9(8)16)11(18)14-7-4-2-1-3-5-7/h6-7H,1-5H2,(H,13,17)(H,14,18). The Bertz CT molecular complexity index is 557. The number of nitrogens with zero attached hydrogens (tertiary/aromatic N) is 1. The van der Waals surface area contributed by atoms with Crippen LogP contribution >= 0.6 is 0 Å². The Labute approximate surface area is 102 Å². The highest BCUT2D eigenvalue weighted by Gasteiger charge is 2.19. The first-order valence-corrected chi connectivity index (χ1v) is 5.90. The summed E-state index contributed by atoms with van der Waals surface area (Å²) in [6.45, 7) is 0. The Balaban J connectivity index is 2.21. The van der Waals surface area contributed by atoms with Crippen LogP contribution in [0, 0.1) is 5.82 Å². The molecule has 1 saturated carbocycles. The molecule has 1 aromatic rings. The first-order valence-electron chi connectivity index (χ1n) is 5.90. The van der Waals surface area contributed by atoms with Crippen molar-refractivity contribution in [2.45, 2.75) is 38.1 Å². The molecule has 2 N–H and O–H groups in total. The molecule has 1 amide bonds. The SMILES string of the molecule is O=C(NC1CCCCC1)n1c(=O)[nH]cc(F)c1=O. The fraction of sp³-hybridized carbons (Fsp3) is 0.545. The normalized spacial score (nSPS) is 16.5. The number of carbonyl (C=O) groups is 1. The van der Waals surface area contributed by atoms with Gasteiger partial charge in [0, 0.05) is 12.2 Å². The van der Waals surface area contributed by atoms with Gasteiger partial charge in [-0.3, -0.25) is 4.79 Å². The first-order chi connectivity index (χ1) is 8.59. The van der Waals surface area contributed by atoms with Gasteiger partial charge in [-0.25, -0.2) is 9.59 Å². The molecule has 98 valence electrons. The topological polar surface area (TPSA) is 84.0 Å². The lowest BCUT2D eigenvalue weighted by Gasteiger charge is -2.22. The zero-order chi connectivity index (χ0) is 13.1. The molecule has 1 aromatic heterocycles. The molecule has 1 aliphatic rings. The number of halogens is 1. The van der Waals surface area contributed by atoms with Crippen LogP contribution in [0.25, 0.3) is 0 Å². The summed E-state index contributed by atoms with van der Waals surface area (Å²) in [6.07, 6.45) is 5.39. The van der Waals surface area contributed by atoms with E-state index in [1.807, 2.05) is 4.98 Å². The molecule has 7 heteroatoms. The Hall–Kier alpha value is -1.92. The van der Waals surface area contributed by atoms with E-state index in [1.54, 1.807) is 0 Å². The van der Waals surface area contributed by atoms with Gasteiger partial charge in [0.1, 0.15) is 0 Å². The van der Waals surface area contributed by atoms with Gasteiger partial charge in [0.05, 0.1) is 0 Å². The molecule has 0 aliphatic heterocycles. The highest BCUT2D eigenvalue weighted by molar-refractivity contribution is 5.76. The van der Waals surface area contributed by atoms with Crippen LogP contribution in [0.2, 0.25) is 0 Å². The minimum Gasteiger partial charge on any atom is -0.334 e. The van der Waals surface area contributed by atoms with Gasteiger partial charge in [-0.15, -0.1) is 0 Å². The molecule has 1 aliphatic carbocycles. The molecule has 0 radical (unpaired) electrons. The van der Waals surface area contributed by atoms with Crippen LogP contribution in [0.1, 0.15) is 32.1 Å². The van der Waals surface area contributed by atoms with Gasteiger partial charge in [-0.05, 0) is 12.8 Å². The molecule has 0 unspecified atom stereocenters. The number of aromatic nitrogens is 2. The van der Waals surface area contributed by atoms with Crippen LogP contribution in [0.5, 0.6) is 0 Å². The highest BCUT2D eigenvalue weighted by atomic mass is 19.1. The number of nitrogens with one attached hydrogen (secondary N) is 2. The van der Waals surface area contributed by atoms with E-state index in [2.05, 4.69) is 5.32 Å². The summed E-state index contributed by atoms with van der Waals surface area (Å²) in [4.78, 5) is 36.5. The lowest BCUT2D eigenvalue weighted by Crippen LogP contribution is -2.49. The van der Waals surface area contributed by atoms with Crippen molar-refractivity contribution in [3.05, 3.63) is 32.9 Å². The monoisotopic (exact) mass is 255 g/mol. The second kappa shape index (κ2) is 5.16. The maximum Gasteiger partial charge on any atom is 0.336 e. The van der Waals surface area contributed by atoms with Crippen LogP contribution in [-0.2, 0) is 0 Å². The van der Waals surface area contributed by atoms with Crippen molar-refractivity contribution in [3.8, 4) is 0 Å². The third-order valence-electron chi connectivity index (χ3n) is 3.07. The van der Waals surface area contributed by atoms with E-state index in [4.69, 9.17) is 0 Å². The molecule has 1 heterocycles. The fourth-order valence-electron chi connectivity index (χ4n) is 2.12. The number of hydrogen-bond donors (Lipinski definition) is 2. The van der Waals surface area contributed by atoms with E-state index in [1.165, 1.54) is 0 Å². The average molecular weight is 255 g/mol. The summed E-state index contributed by atoms with van der Waals surface area (Å²) >= 11 is 0. The molecule has 0 spiro atoms. The summed E-state index contributed by atoms with van der Waals surface area (Å²) in [5.74, 6) is -1.16. The zero-order valence-electron chi connectivity index (χ0n) is 9.74. The van der Waals surface area contributed by atoms with Gasteiger partial charge in [-0.2, -0.15) is 8.96 Å². The van der Waals surface area contributed by atoms with E-state index in [-0.39, 0.29) is 10.6 Å². The van der Waals surface area contributed by atoms with Crippen molar-refractivity contribution in [3.63, 3.8) is 0 Å². The van der Waals surface area contributed by atoms with Crippen LogP contribution < -0.4 is 16.6 Å². The van der Waals surface area contributed by atoms with E-state index in [0.29, 0.717) is 6.20 Å². The molecule has 1 fully saturated rings. The van der Waals surface area contributed by atoms with Crippen LogP contribution in [-0.4, -0.2) is 21.6 Å². The molecule has 0 aromatic carbocycles. The van der Waals surface area contributed by atoms with Gasteiger partial charge in [0.15, 0.2) is 0 Å². The Morgan fingerprint density at radius 3 is 2.67 bits per heavy atom. The van der Waals surface area contributed by atoms with E-state index in [0.717, 1.165) is 32.1 Å². The average Bonchev–Trinajstić information content (AvgIpc) is 2.36. The van der Waals surface area contributed by atoms with Crippen molar-refractivity contribution in [2.75, 3.05) is 0 Å². The molecule has 6 nitrogen and oxygen atoms in total. The minimum absolute atomic E-state index is 0.0548. The minimum atomic E-state index is -1.23. The van der Waals surface area contributed by atoms with Gasteiger partial charge < -0.3 is 10.3 Å². The van der Waals surface area contributed by atoms with Crippen molar-refractivity contribution >= 4 is 6.03 Å². The second-order valence-electron chi connectivity index (χ2n) is 4.37. The number of rotatable bonds is 1. The van der Waals surface area contributed by atoms with Gasteiger partial charge >= 0.3 is 17.3 Å². The highest BCUT2D eigenvalue weighted by Crippen LogP contribution is 2.17. The lowest BCUT2D eigenvalue weighted by atomic mass is 9.96. The fourth-order valence-corrected chi connectivity index (χ4v) is 2.12. The Morgan fingerprint density at radius 2 is 2.00 bits per heavy atom. The van der Waals surface area contributed by atoms with Crippen molar-refractivity contribution in [1.29, 1.82) is 0 Å². The molecule has 0 atom stereocenters. The van der Waals surface area contributed by atoms with Gasteiger partial charge in [0.25, 0.3) is 0 Å². The van der Waals surface area contributed by atoms with Crippen LogP contribution in [0.3, 0.4) is 0 Å². The van der Waals surface area contributed by atoms with Crippen LogP contribution in [0.4, 0.5) is 9.18 Å². The molecular weight excluding hydrogens is 241 g/mol. The number of aromatic amines is 1. The molecule has 0 bridgehead atoms. The molecule has 18 heavy (non-hydrogen) atoms. The third-order valence-corrected chi connectivity index (χ3v) is 3.07. The Kier molecular flexibility index (Phi) is 3.59. The number of carbonyl (C=O) groups excluding carboxylic acids is 1. The summed E-state index contributed by atoms with van der Waals surface area (Å²) in [7, 11) is 0. The molecule has 0 saturated heterocycles. The summed E-state index contributed by atoms with van der Waals surface area (Å²) in [5.41, 5.74) is -2.17. The smallest absolute Gasteiger partial charge is 0.334 e. The quantitative estimate of drug-likeness (QED) is 0.769. The summed E-state index contributed by atoms with van der Waals surface area (Å²) in [5, 5.41) is 2.58. The predicted octanol–water partition coefficient (Wildman–Crippen LogP) is 0.566. The second-order valence-corrected chi connectivity index (χ2v) is 4.37. The van der Waals surface area contributed by atoms with Gasteiger partial charge in [0.2, 0.25) is 5.82 Å². The van der Waals surface area contributed by atoms with Crippen molar-refractivity contribution < 1.29 is 9.18 Å². The third kappa shape index (κ3) is 2.49. The zero-order valence-corrected chi connectivity index (χ0v) is 9.74. The first kappa shape index (κ1) is 12.5. The molecule has 2 rings (SSSR count). The van der Waals surface area contributed by atoms with Crippen molar-refractivity contribution in [1.82, 2.24) is 14.9 Å². The number of hydrogen-bond acceptors (Lipinski definition) is 3. The molecular formula is C11H14FN3O3. The largest absolute Gasteiger partial charge is 0.336 e. The lowest BCUT2D eigenvalue weighted by molar-refractivity contribution is 0.231.